The number of carbonyl (C=O) groups is 1. The van der Waals surface area contributed by atoms with E-state index in [2.05, 4.69) is 20.5 Å². The molecule has 0 aliphatic rings. The summed E-state index contributed by atoms with van der Waals surface area (Å²) in [6, 6.07) is 4.85. The van der Waals surface area contributed by atoms with Gasteiger partial charge in [0.2, 0.25) is 11.9 Å². The Labute approximate surface area is 173 Å². The molecule has 0 bridgehead atoms. The van der Waals surface area contributed by atoms with Crippen molar-refractivity contribution in [1.29, 1.82) is 0 Å². The summed E-state index contributed by atoms with van der Waals surface area (Å²) in [4.78, 5) is 29.1. The zero-order chi connectivity index (χ0) is 21.8. The average Bonchev–Trinajstić information content (AvgIpc) is 3.08. The normalized spacial score (nSPS) is 11.3. The molecule has 0 saturated carbocycles. The summed E-state index contributed by atoms with van der Waals surface area (Å²) in [5, 5.41) is 11.1. The first kappa shape index (κ1) is 21.3. The third-order valence-corrected chi connectivity index (χ3v) is 4.19. The molecule has 3 heterocycles. The van der Waals surface area contributed by atoms with Crippen LogP contribution in [0, 0.1) is 5.92 Å². The first-order chi connectivity index (χ1) is 14.3. The van der Waals surface area contributed by atoms with Gasteiger partial charge in [-0.05, 0) is 18.1 Å². The van der Waals surface area contributed by atoms with E-state index in [9.17, 15) is 9.59 Å². The second-order valence-corrected chi connectivity index (χ2v) is 7.60. The van der Waals surface area contributed by atoms with Crippen molar-refractivity contribution in [3.63, 3.8) is 0 Å². The fourth-order valence-corrected chi connectivity index (χ4v) is 2.71. The summed E-state index contributed by atoms with van der Waals surface area (Å²) in [5.74, 6) is 1.08. The van der Waals surface area contributed by atoms with Crippen LogP contribution in [0.2, 0.25) is 0 Å². The molecule has 0 fully saturated rings. The molecule has 10 nitrogen and oxygen atoms in total. The van der Waals surface area contributed by atoms with Crippen LogP contribution in [-0.2, 0) is 11.3 Å². The maximum Gasteiger partial charge on any atom is 0.270 e. The summed E-state index contributed by atoms with van der Waals surface area (Å²) >= 11 is 0. The van der Waals surface area contributed by atoms with Crippen molar-refractivity contribution in [1.82, 2.24) is 24.4 Å². The monoisotopic (exact) mass is 414 g/mol. The standard InChI is InChI=1S/C20H26N6O4/c1-12(2)11-30-15-8-18(28)26(23-19(15)13(3)4)10-17(27)22-20-21-16-7-6-14(29-5)9-25(16)24-20/h6-9,12-13H,10-11H2,1-5H3,(H,22,24,27). The SMILES string of the molecule is COc1ccc2nc(NC(=O)Cn3nc(C(C)C)c(OCC(C)C)cc3=O)nn2c1. The van der Waals surface area contributed by atoms with Crippen LogP contribution in [0.15, 0.2) is 29.2 Å². The molecule has 0 radical (unpaired) electrons. The Bertz CT molecular complexity index is 1100. The van der Waals surface area contributed by atoms with Crippen LogP contribution in [0.1, 0.15) is 39.3 Å². The minimum Gasteiger partial charge on any atom is -0.495 e. The third-order valence-electron chi connectivity index (χ3n) is 4.19. The van der Waals surface area contributed by atoms with Gasteiger partial charge in [-0.2, -0.15) is 10.1 Å². The van der Waals surface area contributed by atoms with E-state index in [0.29, 0.717) is 35.4 Å². The fourth-order valence-electron chi connectivity index (χ4n) is 2.71. The number of nitrogens with zero attached hydrogens (tertiary/aromatic N) is 5. The molecular weight excluding hydrogens is 388 g/mol. The van der Waals surface area contributed by atoms with Gasteiger partial charge in [0.1, 0.15) is 23.7 Å². The summed E-state index contributed by atoms with van der Waals surface area (Å²) in [6.07, 6.45) is 1.65. The van der Waals surface area contributed by atoms with Crippen LogP contribution in [0.3, 0.4) is 0 Å². The number of nitrogens with one attached hydrogen (secondary N) is 1. The lowest BCUT2D eigenvalue weighted by Gasteiger charge is -2.16. The highest BCUT2D eigenvalue weighted by molar-refractivity contribution is 5.88. The number of rotatable bonds is 8. The molecule has 1 N–H and O–H groups in total. The summed E-state index contributed by atoms with van der Waals surface area (Å²) in [7, 11) is 1.55. The molecule has 0 aliphatic carbocycles. The second-order valence-electron chi connectivity index (χ2n) is 7.60. The van der Waals surface area contributed by atoms with E-state index in [1.165, 1.54) is 10.6 Å². The van der Waals surface area contributed by atoms with Crippen LogP contribution in [0.25, 0.3) is 5.65 Å². The molecule has 0 saturated heterocycles. The molecule has 0 aliphatic heterocycles. The highest BCUT2D eigenvalue weighted by atomic mass is 16.5. The van der Waals surface area contributed by atoms with Crippen LogP contribution in [-0.4, -0.2) is 44.0 Å². The third kappa shape index (κ3) is 4.94. The number of aromatic nitrogens is 5. The molecule has 0 spiro atoms. The Morgan fingerprint density at radius 2 is 1.97 bits per heavy atom. The molecule has 10 heteroatoms. The number of carbonyl (C=O) groups excluding carboxylic acids is 1. The highest BCUT2D eigenvalue weighted by Gasteiger charge is 2.16. The Kier molecular flexibility index (Phi) is 6.34. The second kappa shape index (κ2) is 8.93. The van der Waals surface area contributed by atoms with Gasteiger partial charge in [0.15, 0.2) is 5.65 Å². The molecule has 30 heavy (non-hydrogen) atoms. The minimum atomic E-state index is -0.460. The van der Waals surface area contributed by atoms with Gasteiger partial charge in [0.25, 0.3) is 5.56 Å². The van der Waals surface area contributed by atoms with Crippen molar-refractivity contribution >= 4 is 17.5 Å². The van der Waals surface area contributed by atoms with Gasteiger partial charge in [-0.3, -0.25) is 14.9 Å². The number of hydrogen-bond acceptors (Lipinski definition) is 7. The molecule has 3 rings (SSSR count). The quantitative estimate of drug-likeness (QED) is 0.600. The molecule has 0 unspecified atom stereocenters. The fraction of sp³-hybridized carbons (Fsp3) is 0.450. The highest BCUT2D eigenvalue weighted by Crippen LogP contribution is 2.22. The Morgan fingerprint density at radius 1 is 1.20 bits per heavy atom. The van der Waals surface area contributed by atoms with Gasteiger partial charge in [0.05, 0.1) is 19.9 Å². The number of amides is 1. The number of methoxy groups -OCH3 is 1. The molecule has 3 aromatic rings. The van der Waals surface area contributed by atoms with Gasteiger partial charge in [-0.15, -0.1) is 5.10 Å². The summed E-state index contributed by atoms with van der Waals surface area (Å²) in [6.45, 7) is 8.18. The van der Waals surface area contributed by atoms with E-state index in [1.54, 1.807) is 25.4 Å². The van der Waals surface area contributed by atoms with Gasteiger partial charge in [0, 0.05) is 12.0 Å². The largest absolute Gasteiger partial charge is 0.495 e. The lowest BCUT2D eigenvalue weighted by Crippen LogP contribution is -2.31. The Balaban J connectivity index is 1.77. The van der Waals surface area contributed by atoms with Gasteiger partial charge >= 0.3 is 0 Å². The number of anilines is 1. The molecule has 1 amide bonds. The zero-order valence-corrected chi connectivity index (χ0v) is 17.7. The van der Waals surface area contributed by atoms with Crippen LogP contribution in [0.5, 0.6) is 11.5 Å². The summed E-state index contributed by atoms with van der Waals surface area (Å²) in [5.41, 5.74) is 0.761. The smallest absolute Gasteiger partial charge is 0.270 e. The van der Waals surface area contributed by atoms with E-state index in [1.807, 2.05) is 27.7 Å². The summed E-state index contributed by atoms with van der Waals surface area (Å²) < 4.78 is 13.5. The zero-order valence-electron chi connectivity index (χ0n) is 17.7. The average molecular weight is 414 g/mol. The lowest BCUT2D eigenvalue weighted by molar-refractivity contribution is -0.117. The predicted octanol–water partition coefficient (Wildman–Crippen LogP) is 2.09. The predicted molar refractivity (Wildman–Crippen MR) is 111 cm³/mol. The van der Waals surface area contributed by atoms with Crippen LogP contribution < -0.4 is 20.3 Å². The maximum atomic E-state index is 12.5. The van der Waals surface area contributed by atoms with E-state index in [4.69, 9.17) is 9.47 Å². The van der Waals surface area contributed by atoms with E-state index >= 15 is 0 Å². The number of ether oxygens (including phenoxy) is 2. The van der Waals surface area contributed by atoms with E-state index in [0.717, 1.165) is 4.68 Å². The molecule has 0 atom stereocenters. The number of hydrogen-bond donors (Lipinski definition) is 1. The topological polar surface area (TPSA) is 113 Å². The molecule has 160 valence electrons. The minimum absolute atomic E-state index is 0.0251. The first-order valence-electron chi connectivity index (χ1n) is 9.72. The van der Waals surface area contributed by atoms with Crippen molar-refractivity contribution < 1.29 is 14.3 Å². The Morgan fingerprint density at radius 3 is 2.63 bits per heavy atom. The maximum absolute atomic E-state index is 12.5. The van der Waals surface area contributed by atoms with Crippen molar-refractivity contribution in [2.75, 3.05) is 19.0 Å². The molecule has 3 aromatic heterocycles. The number of pyridine rings is 1. The Hall–Kier alpha value is -3.43. The van der Waals surface area contributed by atoms with Crippen LogP contribution in [0.4, 0.5) is 5.95 Å². The van der Waals surface area contributed by atoms with Crippen LogP contribution >= 0.6 is 0 Å². The van der Waals surface area contributed by atoms with Gasteiger partial charge < -0.3 is 9.47 Å². The van der Waals surface area contributed by atoms with Gasteiger partial charge in [-0.1, -0.05) is 27.7 Å². The van der Waals surface area contributed by atoms with Crippen molar-refractivity contribution in [3.8, 4) is 11.5 Å². The molecular formula is C20H26N6O4. The number of fused-ring (bicyclic) bond motifs is 1. The first-order valence-corrected chi connectivity index (χ1v) is 9.72. The van der Waals surface area contributed by atoms with Crippen molar-refractivity contribution in [3.05, 3.63) is 40.4 Å². The van der Waals surface area contributed by atoms with Crippen molar-refractivity contribution in [2.24, 2.45) is 5.92 Å². The molecule has 0 aromatic carbocycles. The van der Waals surface area contributed by atoms with E-state index < -0.39 is 11.5 Å². The van der Waals surface area contributed by atoms with Gasteiger partial charge in [-0.25, -0.2) is 9.20 Å². The lowest BCUT2D eigenvalue weighted by atomic mass is 10.1. The van der Waals surface area contributed by atoms with Crippen molar-refractivity contribution in [2.45, 2.75) is 40.2 Å². The van der Waals surface area contributed by atoms with E-state index in [-0.39, 0.29) is 18.4 Å².